The van der Waals surface area contributed by atoms with E-state index in [0.29, 0.717) is 16.9 Å². The zero-order chi connectivity index (χ0) is 12.4. The van der Waals surface area contributed by atoms with Crippen LogP contribution in [0.2, 0.25) is 0 Å². The number of para-hydroxylation sites is 2. The van der Waals surface area contributed by atoms with Gasteiger partial charge >= 0.3 is 6.08 Å². The van der Waals surface area contributed by atoms with Crippen molar-refractivity contribution in [3.05, 3.63) is 54.1 Å². The molecule has 4 nitrogen and oxygen atoms in total. The van der Waals surface area contributed by atoms with Crippen LogP contribution >= 0.6 is 0 Å². The van der Waals surface area contributed by atoms with Crippen molar-refractivity contribution in [2.75, 3.05) is 0 Å². The van der Waals surface area contributed by atoms with E-state index in [-0.39, 0.29) is 6.08 Å². The van der Waals surface area contributed by atoms with Gasteiger partial charge in [0, 0.05) is 0 Å². The van der Waals surface area contributed by atoms with E-state index in [9.17, 15) is 0 Å². The van der Waals surface area contributed by atoms with Crippen molar-refractivity contribution < 1.29 is 9.15 Å². The van der Waals surface area contributed by atoms with E-state index in [1.165, 1.54) is 0 Å². The normalized spacial score (nSPS) is 10.2. The zero-order valence-electron chi connectivity index (χ0n) is 9.33. The highest BCUT2D eigenvalue weighted by Gasteiger charge is 2.06. The molecule has 0 bridgehead atoms. The van der Waals surface area contributed by atoms with Gasteiger partial charge in [0.2, 0.25) is 0 Å². The monoisotopic (exact) mass is 236 g/mol. The fourth-order valence-electron chi connectivity index (χ4n) is 1.59. The Morgan fingerprint density at radius 1 is 1.06 bits per heavy atom. The predicted octanol–water partition coefficient (Wildman–Crippen LogP) is 3.49. The van der Waals surface area contributed by atoms with Gasteiger partial charge in [0.1, 0.15) is 11.3 Å². The topological polar surface area (TPSA) is 59.0 Å². The molecule has 2 aromatic carbocycles. The van der Waals surface area contributed by atoms with Crippen LogP contribution in [0.25, 0.3) is 11.1 Å². The van der Waals surface area contributed by atoms with Crippen LogP contribution in [0.1, 0.15) is 5.56 Å². The highest BCUT2D eigenvalue weighted by molar-refractivity contribution is 5.72. The average Bonchev–Trinajstić information content (AvgIpc) is 2.82. The Hall–Kier alpha value is -2.80. The Morgan fingerprint density at radius 2 is 1.83 bits per heavy atom. The van der Waals surface area contributed by atoms with Crippen molar-refractivity contribution in [2.24, 2.45) is 0 Å². The molecule has 86 valence electrons. The molecule has 0 saturated heterocycles. The SMILES string of the molecule is N#Cc1ccc(Oc2nc3ccccc3o2)cc1. The van der Waals surface area contributed by atoms with Crippen molar-refractivity contribution in [3.8, 4) is 17.9 Å². The summed E-state index contributed by atoms with van der Waals surface area (Å²) >= 11 is 0. The lowest BCUT2D eigenvalue weighted by molar-refractivity contribution is 0.343. The number of nitriles is 1. The minimum Gasteiger partial charge on any atom is -0.411 e. The summed E-state index contributed by atoms with van der Waals surface area (Å²) < 4.78 is 10.9. The van der Waals surface area contributed by atoms with Gasteiger partial charge in [-0.1, -0.05) is 12.1 Å². The number of fused-ring (bicyclic) bond motifs is 1. The van der Waals surface area contributed by atoms with Gasteiger partial charge in [-0.3, -0.25) is 0 Å². The minimum atomic E-state index is 0.195. The molecule has 0 radical (unpaired) electrons. The number of ether oxygens (including phenoxy) is 1. The van der Waals surface area contributed by atoms with E-state index in [0.717, 1.165) is 5.52 Å². The standard InChI is InChI=1S/C14H8N2O2/c15-9-10-5-7-11(8-6-10)17-14-16-12-3-1-2-4-13(12)18-14/h1-8H. The molecular weight excluding hydrogens is 228 g/mol. The molecule has 18 heavy (non-hydrogen) atoms. The molecule has 4 heteroatoms. The molecule has 0 N–H and O–H groups in total. The van der Waals surface area contributed by atoms with Crippen LogP contribution in [0.5, 0.6) is 11.8 Å². The highest BCUT2D eigenvalue weighted by atomic mass is 16.6. The molecule has 0 aliphatic carbocycles. The second-order valence-electron chi connectivity index (χ2n) is 3.69. The number of hydrogen-bond donors (Lipinski definition) is 0. The van der Waals surface area contributed by atoms with E-state index in [1.54, 1.807) is 24.3 Å². The third-order valence-electron chi connectivity index (χ3n) is 2.46. The first-order valence-electron chi connectivity index (χ1n) is 5.39. The average molecular weight is 236 g/mol. The highest BCUT2D eigenvalue weighted by Crippen LogP contribution is 2.25. The number of rotatable bonds is 2. The number of hydrogen-bond acceptors (Lipinski definition) is 4. The second-order valence-corrected chi connectivity index (χ2v) is 3.69. The predicted molar refractivity (Wildman–Crippen MR) is 65.2 cm³/mol. The summed E-state index contributed by atoms with van der Waals surface area (Å²) in [6.07, 6.45) is 0.195. The fourth-order valence-corrected chi connectivity index (χ4v) is 1.59. The Bertz CT molecular complexity index is 690. The fraction of sp³-hybridized carbons (Fsp3) is 0. The number of nitrogens with zero attached hydrogens (tertiary/aromatic N) is 2. The third kappa shape index (κ3) is 1.89. The molecule has 1 aromatic heterocycles. The summed E-state index contributed by atoms with van der Waals surface area (Å²) in [5.41, 5.74) is 2.02. The Balaban J connectivity index is 1.89. The Kier molecular flexibility index (Phi) is 2.43. The van der Waals surface area contributed by atoms with Gasteiger partial charge in [-0.2, -0.15) is 10.2 Å². The smallest absolute Gasteiger partial charge is 0.400 e. The summed E-state index contributed by atoms with van der Waals surface area (Å²) in [4.78, 5) is 4.20. The number of benzene rings is 2. The van der Waals surface area contributed by atoms with Crippen LogP contribution in [-0.4, -0.2) is 4.98 Å². The molecule has 0 unspecified atom stereocenters. The maximum absolute atomic E-state index is 8.69. The summed E-state index contributed by atoms with van der Waals surface area (Å²) in [5, 5.41) is 8.69. The molecule has 0 aliphatic rings. The first-order valence-corrected chi connectivity index (χ1v) is 5.39. The molecule has 3 aromatic rings. The van der Waals surface area contributed by atoms with Gasteiger partial charge < -0.3 is 9.15 Å². The van der Waals surface area contributed by atoms with E-state index < -0.39 is 0 Å². The molecule has 1 heterocycles. The van der Waals surface area contributed by atoms with Crippen molar-refractivity contribution in [2.45, 2.75) is 0 Å². The summed E-state index contributed by atoms with van der Waals surface area (Å²) in [6.45, 7) is 0. The quantitative estimate of drug-likeness (QED) is 0.683. The Labute approximate surface area is 103 Å². The van der Waals surface area contributed by atoms with Crippen molar-refractivity contribution >= 4 is 11.1 Å². The summed E-state index contributed by atoms with van der Waals surface area (Å²) in [7, 11) is 0. The second kappa shape index (κ2) is 4.22. The first-order chi connectivity index (χ1) is 8.85. The van der Waals surface area contributed by atoms with Crippen molar-refractivity contribution in [3.63, 3.8) is 0 Å². The van der Waals surface area contributed by atoms with Crippen molar-refractivity contribution in [1.29, 1.82) is 5.26 Å². The molecule has 0 spiro atoms. The van der Waals surface area contributed by atoms with Gasteiger partial charge in [0.15, 0.2) is 5.58 Å². The zero-order valence-corrected chi connectivity index (χ0v) is 9.33. The van der Waals surface area contributed by atoms with Crippen LogP contribution in [0.3, 0.4) is 0 Å². The van der Waals surface area contributed by atoms with Crippen LogP contribution in [-0.2, 0) is 0 Å². The molecule has 3 rings (SSSR count). The number of oxazole rings is 1. The minimum absolute atomic E-state index is 0.195. The lowest BCUT2D eigenvalue weighted by Crippen LogP contribution is -1.83. The molecule has 0 atom stereocenters. The molecule has 0 amide bonds. The number of aromatic nitrogens is 1. The summed E-state index contributed by atoms with van der Waals surface area (Å²) in [6, 6.07) is 16.2. The van der Waals surface area contributed by atoms with Crippen LogP contribution < -0.4 is 4.74 Å². The summed E-state index contributed by atoms with van der Waals surface area (Å²) in [5.74, 6) is 0.584. The van der Waals surface area contributed by atoms with Gasteiger partial charge in [-0.05, 0) is 36.4 Å². The van der Waals surface area contributed by atoms with Gasteiger partial charge in [-0.15, -0.1) is 0 Å². The molecule has 0 aliphatic heterocycles. The van der Waals surface area contributed by atoms with Gasteiger partial charge in [0.05, 0.1) is 11.6 Å². The molecular formula is C14H8N2O2. The van der Waals surface area contributed by atoms with E-state index in [4.69, 9.17) is 14.4 Å². The maximum Gasteiger partial charge on any atom is 0.400 e. The van der Waals surface area contributed by atoms with E-state index in [1.807, 2.05) is 30.3 Å². The largest absolute Gasteiger partial charge is 0.411 e. The van der Waals surface area contributed by atoms with Crippen molar-refractivity contribution in [1.82, 2.24) is 4.98 Å². The van der Waals surface area contributed by atoms with Crippen LogP contribution in [0.15, 0.2) is 52.9 Å². The van der Waals surface area contributed by atoms with E-state index in [2.05, 4.69) is 4.98 Å². The Morgan fingerprint density at radius 3 is 2.56 bits per heavy atom. The van der Waals surface area contributed by atoms with Crippen LogP contribution in [0.4, 0.5) is 0 Å². The van der Waals surface area contributed by atoms with E-state index >= 15 is 0 Å². The lowest BCUT2D eigenvalue weighted by atomic mass is 10.2. The molecule has 0 saturated carbocycles. The van der Waals surface area contributed by atoms with Gasteiger partial charge in [0.25, 0.3) is 0 Å². The lowest BCUT2D eigenvalue weighted by Gasteiger charge is -1.99. The van der Waals surface area contributed by atoms with Crippen LogP contribution in [0, 0.1) is 11.3 Å². The first kappa shape index (κ1) is 10.4. The molecule has 0 fully saturated rings. The third-order valence-corrected chi connectivity index (χ3v) is 2.46. The van der Waals surface area contributed by atoms with Gasteiger partial charge in [-0.25, -0.2) is 0 Å². The maximum atomic E-state index is 8.69.